The molecule has 0 saturated carbocycles. The lowest BCUT2D eigenvalue weighted by atomic mass is 10.1. The number of rotatable bonds is 3. The predicted octanol–water partition coefficient (Wildman–Crippen LogP) is 1.85. The van der Waals surface area contributed by atoms with E-state index in [9.17, 15) is 5.11 Å². The van der Waals surface area contributed by atoms with Crippen LogP contribution in [0.5, 0.6) is 0 Å². The van der Waals surface area contributed by atoms with Crippen LogP contribution in [-0.2, 0) is 13.5 Å². The summed E-state index contributed by atoms with van der Waals surface area (Å²) in [5.74, 6) is 0. The number of halogens is 1. The van der Waals surface area contributed by atoms with E-state index < -0.39 is 6.10 Å². The van der Waals surface area contributed by atoms with Crippen LogP contribution < -0.4 is 0 Å². The van der Waals surface area contributed by atoms with Gasteiger partial charge in [-0.05, 0) is 28.1 Å². The summed E-state index contributed by atoms with van der Waals surface area (Å²) >= 11 is 3.30. The second-order valence-corrected chi connectivity index (χ2v) is 4.43. The smallest absolute Gasteiger partial charge is 0.106 e. The molecule has 0 radical (unpaired) electrons. The summed E-state index contributed by atoms with van der Waals surface area (Å²) in [6.07, 6.45) is 3.41. The zero-order valence-corrected chi connectivity index (χ0v) is 10.4. The molecular weight excluding hydrogens is 270 g/mol. The van der Waals surface area contributed by atoms with Crippen molar-refractivity contribution < 1.29 is 5.11 Å². The molecule has 2 rings (SSSR count). The second-order valence-electron chi connectivity index (χ2n) is 3.62. The number of aliphatic hydroxyl groups is 1. The molecule has 0 aliphatic carbocycles. The number of hydrogen-bond acceptors (Lipinski definition) is 3. The molecule has 1 unspecified atom stereocenters. The van der Waals surface area contributed by atoms with Gasteiger partial charge in [0.25, 0.3) is 0 Å². The first-order valence-electron chi connectivity index (χ1n) is 4.93. The first-order valence-corrected chi connectivity index (χ1v) is 5.72. The quantitative estimate of drug-likeness (QED) is 0.874. The molecule has 2 aromatic rings. The Labute approximate surface area is 102 Å². The molecule has 5 heteroatoms. The Morgan fingerprint density at radius 1 is 1.50 bits per heavy atom. The maximum Gasteiger partial charge on any atom is 0.106 e. The Morgan fingerprint density at radius 2 is 2.31 bits per heavy atom. The molecule has 0 aliphatic heterocycles. The van der Waals surface area contributed by atoms with Crippen LogP contribution in [0.15, 0.2) is 35.2 Å². The topological polar surface area (TPSA) is 50.9 Å². The van der Waals surface area contributed by atoms with Gasteiger partial charge in [0.15, 0.2) is 0 Å². The van der Waals surface area contributed by atoms with Gasteiger partial charge >= 0.3 is 0 Å². The van der Waals surface area contributed by atoms with Gasteiger partial charge in [0.2, 0.25) is 0 Å². The van der Waals surface area contributed by atoms with Gasteiger partial charge in [-0.3, -0.25) is 4.68 Å². The summed E-state index contributed by atoms with van der Waals surface area (Å²) in [6.45, 7) is 0. The van der Waals surface area contributed by atoms with Crippen molar-refractivity contribution in [2.24, 2.45) is 7.05 Å². The minimum Gasteiger partial charge on any atom is -0.388 e. The lowest BCUT2D eigenvalue weighted by Gasteiger charge is -2.07. The fourth-order valence-corrected chi connectivity index (χ4v) is 1.87. The fourth-order valence-electron chi connectivity index (χ4n) is 1.49. The van der Waals surface area contributed by atoms with Crippen molar-refractivity contribution in [2.75, 3.05) is 0 Å². The summed E-state index contributed by atoms with van der Waals surface area (Å²) in [6, 6.07) is 5.66. The van der Waals surface area contributed by atoms with Crippen molar-refractivity contribution in [3.8, 4) is 0 Å². The van der Waals surface area contributed by atoms with Gasteiger partial charge in [0, 0.05) is 30.9 Å². The van der Waals surface area contributed by atoms with E-state index in [1.807, 2.05) is 31.4 Å². The highest BCUT2D eigenvalue weighted by Crippen LogP contribution is 2.17. The van der Waals surface area contributed by atoms with Crippen LogP contribution in [0.4, 0.5) is 0 Å². The SMILES string of the molecule is Cn1cc(C(O)Cc2cccc(Br)n2)cn1. The van der Waals surface area contributed by atoms with Crippen molar-refractivity contribution in [1.82, 2.24) is 14.8 Å². The molecule has 16 heavy (non-hydrogen) atoms. The minimum atomic E-state index is -0.560. The number of aryl methyl sites for hydroxylation is 1. The van der Waals surface area contributed by atoms with E-state index in [1.165, 1.54) is 0 Å². The Bertz CT molecular complexity index is 484. The lowest BCUT2D eigenvalue weighted by molar-refractivity contribution is 0.177. The third-order valence-electron chi connectivity index (χ3n) is 2.28. The highest BCUT2D eigenvalue weighted by Gasteiger charge is 2.11. The molecular formula is C11H12BrN3O. The van der Waals surface area contributed by atoms with Crippen molar-refractivity contribution in [1.29, 1.82) is 0 Å². The highest BCUT2D eigenvalue weighted by atomic mass is 79.9. The third-order valence-corrected chi connectivity index (χ3v) is 2.73. The van der Waals surface area contributed by atoms with Crippen molar-refractivity contribution in [3.63, 3.8) is 0 Å². The monoisotopic (exact) mass is 281 g/mol. The fraction of sp³-hybridized carbons (Fsp3) is 0.273. The summed E-state index contributed by atoms with van der Waals surface area (Å²) in [7, 11) is 1.83. The minimum absolute atomic E-state index is 0.491. The number of pyridine rings is 1. The number of aliphatic hydroxyl groups excluding tert-OH is 1. The van der Waals surface area contributed by atoms with Gasteiger partial charge in [0.1, 0.15) is 4.60 Å². The Balaban J connectivity index is 2.10. The van der Waals surface area contributed by atoms with E-state index in [4.69, 9.17) is 0 Å². The molecule has 2 aromatic heterocycles. The van der Waals surface area contributed by atoms with Gasteiger partial charge in [-0.1, -0.05) is 6.07 Å². The van der Waals surface area contributed by atoms with Gasteiger partial charge in [-0.2, -0.15) is 5.10 Å². The maximum atomic E-state index is 9.97. The van der Waals surface area contributed by atoms with Crippen LogP contribution in [0.1, 0.15) is 17.4 Å². The standard InChI is InChI=1S/C11H12BrN3O/c1-15-7-8(6-13-15)10(16)5-9-3-2-4-11(12)14-9/h2-4,6-7,10,16H,5H2,1H3. The van der Waals surface area contributed by atoms with E-state index >= 15 is 0 Å². The first kappa shape index (κ1) is 11.3. The summed E-state index contributed by atoms with van der Waals surface area (Å²) < 4.78 is 2.45. The molecule has 0 saturated heterocycles. The van der Waals surface area contributed by atoms with Gasteiger partial charge in [-0.15, -0.1) is 0 Å². The molecule has 1 atom stereocenters. The van der Waals surface area contributed by atoms with Crippen molar-refractivity contribution in [3.05, 3.63) is 46.5 Å². The third kappa shape index (κ3) is 2.68. The lowest BCUT2D eigenvalue weighted by Crippen LogP contribution is -2.02. The van der Waals surface area contributed by atoms with E-state index in [0.717, 1.165) is 15.9 Å². The molecule has 0 fully saturated rings. The van der Waals surface area contributed by atoms with Crippen molar-refractivity contribution in [2.45, 2.75) is 12.5 Å². The van der Waals surface area contributed by atoms with E-state index in [-0.39, 0.29) is 0 Å². The van der Waals surface area contributed by atoms with Gasteiger partial charge in [-0.25, -0.2) is 4.98 Å². The van der Waals surface area contributed by atoms with Crippen LogP contribution in [0, 0.1) is 0 Å². The number of nitrogens with zero attached hydrogens (tertiary/aromatic N) is 3. The molecule has 0 aliphatic rings. The molecule has 0 spiro atoms. The first-order chi connectivity index (χ1) is 7.65. The summed E-state index contributed by atoms with van der Waals surface area (Å²) in [5, 5.41) is 14.0. The molecule has 0 amide bonds. The average molecular weight is 282 g/mol. The van der Waals surface area contributed by atoms with E-state index in [0.29, 0.717) is 6.42 Å². The van der Waals surface area contributed by atoms with Gasteiger partial charge in [0.05, 0.1) is 12.3 Å². The van der Waals surface area contributed by atoms with E-state index in [2.05, 4.69) is 26.0 Å². The molecule has 2 heterocycles. The second kappa shape index (κ2) is 4.76. The molecule has 0 bridgehead atoms. The Kier molecular flexibility index (Phi) is 3.36. The average Bonchev–Trinajstić information content (AvgIpc) is 2.65. The highest BCUT2D eigenvalue weighted by molar-refractivity contribution is 9.10. The zero-order chi connectivity index (χ0) is 11.5. The van der Waals surface area contributed by atoms with Crippen LogP contribution >= 0.6 is 15.9 Å². The van der Waals surface area contributed by atoms with Crippen molar-refractivity contribution >= 4 is 15.9 Å². The van der Waals surface area contributed by atoms with E-state index in [1.54, 1.807) is 10.9 Å². The number of aromatic nitrogens is 3. The molecule has 84 valence electrons. The molecule has 0 aromatic carbocycles. The molecule has 4 nitrogen and oxygen atoms in total. The zero-order valence-electron chi connectivity index (χ0n) is 8.84. The van der Waals surface area contributed by atoms with Crippen LogP contribution in [-0.4, -0.2) is 19.9 Å². The summed E-state index contributed by atoms with van der Waals surface area (Å²) in [4.78, 5) is 4.27. The summed E-state index contributed by atoms with van der Waals surface area (Å²) in [5.41, 5.74) is 1.66. The predicted molar refractivity (Wildman–Crippen MR) is 63.8 cm³/mol. The Hall–Kier alpha value is -1.20. The van der Waals surface area contributed by atoms with Crippen LogP contribution in [0.3, 0.4) is 0 Å². The normalized spacial score (nSPS) is 12.7. The largest absolute Gasteiger partial charge is 0.388 e. The van der Waals surface area contributed by atoms with Gasteiger partial charge < -0.3 is 5.11 Å². The molecule has 1 N–H and O–H groups in total. The van der Waals surface area contributed by atoms with Crippen LogP contribution in [0.25, 0.3) is 0 Å². The van der Waals surface area contributed by atoms with Crippen LogP contribution in [0.2, 0.25) is 0 Å². The maximum absolute atomic E-state index is 9.97. The number of hydrogen-bond donors (Lipinski definition) is 1. The Morgan fingerprint density at radius 3 is 2.94 bits per heavy atom.